The Morgan fingerprint density at radius 1 is 1.13 bits per heavy atom. The number of thiophene rings is 1. The van der Waals surface area contributed by atoms with Crippen LogP contribution in [0, 0.1) is 34.0 Å². The van der Waals surface area contributed by atoms with Gasteiger partial charge in [0, 0.05) is 24.5 Å². The molecule has 1 N–H and O–H groups in total. The number of anilines is 1. The first-order chi connectivity index (χ1) is 11.0. The summed E-state index contributed by atoms with van der Waals surface area (Å²) in [5.41, 5.74) is 0.189. The van der Waals surface area contributed by atoms with Crippen molar-refractivity contribution in [3.63, 3.8) is 0 Å². The van der Waals surface area contributed by atoms with Crippen LogP contribution in [0.3, 0.4) is 0 Å². The summed E-state index contributed by atoms with van der Waals surface area (Å²) >= 11 is 1.38. The van der Waals surface area contributed by atoms with E-state index in [9.17, 15) is 4.79 Å². The SMILES string of the molecule is CN(C)C(=O)c1cc2cc(NC(C#N)=C(C#N)C#N)ccc2s1. The van der Waals surface area contributed by atoms with E-state index in [0.717, 1.165) is 10.1 Å². The summed E-state index contributed by atoms with van der Waals surface area (Å²) in [4.78, 5) is 14.1. The maximum atomic E-state index is 12.0. The van der Waals surface area contributed by atoms with Gasteiger partial charge in [0.2, 0.25) is 0 Å². The van der Waals surface area contributed by atoms with Gasteiger partial charge in [0.1, 0.15) is 23.9 Å². The fraction of sp³-hybridized carbons (Fsp3) is 0.125. The van der Waals surface area contributed by atoms with Gasteiger partial charge >= 0.3 is 0 Å². The van der Waals surface area contributed by atoms with E-state index in [1.807, 2.05) is 6.07 Å². The molecule has 0 radical (unpaired) electrons. The van der Waals surface area contributed by atoms with Crippen LogP contribution in [0.15, 0.2) is 35.5 Å². The van der Waals surface area contributed by atoms with Crippen molar-refractivity contribution < 1.29 is 4.79 Å². The van der Waals surface area contributed by atoms with Gasteiger partial charge in [0.05, 0.1) is 4.88 Å². The third-order valence-corrected chi connectivity index (χ3v) is 4.09. The number of nitrogens with one attached hydrogen (secondary N) is 1. The monoisotopic (exact) mass is 321 g/mol. The van der Waals surface area contributed by atoms with Crippen LogP contribution in [0.5, 0.6) is 0 Å². The largest absolute Gasteiger partial charge is 0.345 e. The van der Waals surface area contributed by atoms with Crippen molar-refractivity contribution in [1.29, 1.82) is 15.8 Å². The van der Waals surface area contributed by atoms with E-state index in [0.29, 0.717) is 10.6 Å². The fourth-order valence-corrected chi connectivity index (χ4v) is 2.94. The van der Waals surface area contributed by atoms with E-state index >= 15 is 0 Å². The molecule has 0 aliphatic heterocycles. The standard InChI is InChI=1S/C16H11N5OS/c1-21(2)16(22)15-6-10-5-12(3-4-14(10)23-15)20-13(9-19)11(7-17)8-18/h3-6,20H,1-2H3. The summed E-state index contributed by atoms with van der Waals surface area (Å²) in [5.74, 6) is -0.0745. The van der Waals surface area contributed by atoms with Crippen LogP contribution in [-0.2, 0) is 0 Å². The zero-order valence-electron chi connectivity index (χ0n) is 12.4. The quantitative estimate of drug-likeness (QED) is 0.875. The number of carbonyl (C=O) groups excluding carboxylic acids is 1. The molecule has 1 amide bonds. The van der Waals surface area contributed by atoms with Crippen LogP contribution in [-0.4, -0.2) is 24.9 Å². The smallest absolute Gasteiger partial charge is 0.263 e. The molecule has 0 fully saturated rings. The van der Waals surface area contributed by atoms with Crippen LogP contribution in [0.4, 0.5) is 5.69 Å². The van der Waals surface area contributed by atoms with Gasteiger partial charge in [-0.3, -0.25) is 4.79 Å². The van der Waals surface area contributed by atoms with Gasteiger partial charge < -0.3 is 10.2 Å². The van der Waals surface area contributed by atoms with Gasteiger partial charge in [-0.15, -0.1) is 11.3 Å². The molecule has 0 saturated heterocycles. The number of fused-ring (bicyclic) bond motifs is 1. The average molecular weight is 321 g/mol. The predicted molar refractivity (Wildman–Crippen MR) is 87.3 cm³/mol. The van der Waals surface area contributed by atoms with E-state index < -0.39 is 0 Å². The summed E-state index contributed by atoms with van der Waals surface area (Å²) in [6.45, 7) is 0. The highest BCUT2D eigenvalue weighted by atomic mass is 32.1. The zero-order chi connectivity index (χ0) is 17.0. The highest BCUT2D eigenvalue weighted by Crippen LogP contribution is 2.29. The van der Waals surface area contributed by atoms with Crippen molar-refractivity contribution in [1.82, 2.24) is 4.90 Å². The molecule has 7 heteroatoms. The number of allylic oxidation sites excluding steroid dienone is 2. The Morgan fingerprint density at radius 2 is 1.83 bits per heavy atom. The van der Waals surface area contributed by atoms with Crippen molar-refractivity contribution >= 4 is 33.0 Å². The van der Waals surface area contributed by atoms with Crippen molar-refractivity contribution in [2.75, 3.05) is 19.4 Å². The lowest BCUT2D eigenvalue weighted by molar-refractivity contribution is 0.0832. The van der Waals surface area contributed by atoms with Gasteiger partial charge in [-0.1, -0.05) is 0 Å². The topological polar surface area (TPSA) is 104 Å². The Bertz CT molecular complexity index is 918. The summed E-state index contributed by atoms with van der Waals surface area (Å²) in [7, 11) is 3.38. The number of carbonyl (C=O) groups is 1. The molecule has 2 aromatic rings. The molecule has 0 unspecified atom stereocenters. The van der Waals surface area contributed by atoms with Crippen molar-refractivity contribution in [3.05, 3.63) is 40.4 Å². The molecule has 0 aliphatic rings. The van der Waals surface area contributed by atoms with Crippen LogP contribution < -0.4 is 5.32 Å². The fourth-order valence-electron chi connectivity index (χ4n) is 1.87. The van der Waals surface area contributed by atoms with Gasteiger partial charge in [-0.2, -0.15) is 15.8 Å². The first kappa shape index (κ1) is 16.0. The molecule has 0 saturated carbocycles. The van der Waals surface area contributed by atoms with E-state index in [1.54, 1.807) is 50.5 Å². The Balaban J connectivity index is 2.41. The van der Waals surface area contributed by atoms with Crippen molar-refractivity contribution in [3.8, 4) is 18.2 Å². The van der Waals surface area contributed by atoms with E-state index in [4.69, 9.17) is 15.8 Å². The van der Waals surface area contributed by atoms with Crippen LogP contribution in [0.1, 0.15) is 9.67 Å². The molecular weight excluding hydrogens is 310 g/mol. The van der Waals surface area contributed by atoms with Crippen LogP contribution >= 0.6 is 11.3 Å². The lowest BCUT2D eigenvalue weighted by atomic mass is 10.2. The molecule has 1 aromatic carbocycles. The minimum absolute atomic E-state index is 0.0745. The highest BCUT2D eigenvalue weighted by molar-refractivity contribution is 7.20. The molecule has 0 aliphatic carbocycles. The third-order valence-electron chi connectivity index (χ3n) is 2.99. The number of benzene rings is 1. The molecule has 6 nitrogen and oxygen atoms in total. The zero-order valence-corrected chi connectivity index (χ0v) is 13.2. The molecule has 112 valence electrons. The lowest BCUT2D eigenvalue weighted by Crippen LogP contribution is -2.20. The summed E-state index contributed by atoms with van der Waals surface area (Å²) in [5, 5.41) is 30.3. The minimum Gasteiger partial charge on any atom is -0.345 e. The van der Waals surface area contributed by atoms with E-state index in [-0.39, 0.29) is 17.2 Å². The molecule has 1 aromatic heterocycles. The van der Waals surface area contributed by atoms with Gasteiger partial charge in [-0.05, 0) is 29.7 Å². The summed E-state index contributed by atoms with van der Waals surface area (Å²) in [6.07, 6.45) is 0. The van der Waals surface area contributed by atoms with Crippen molar-refractivity contribution in [2.24, 2.45) is 0 Å². The average Bonchev–Trinajstić information content (AvgIpc) is 2.97. The maximum absolute atomic E-state index is 12.0. The maximum Gasteiger partial charge on any atom is 0.263 e. The van der Waals surface area contributed by atoms with Gasteiger partial charge in [0.15, 0.2) is 5.57 Å². The summed E-state index contributed by atoms with van der Waals surface area (Å²) < 4.78 is 0.934. The number of hydrogen-bond donors (Lipinski definition) is 1. The second-order valence-electron chi connectivity index (χ2n) is 4.77. The summed E-state index contributed by atoms with van der Waals surface area (Å²) in [6, 6.07) is 12.3. The Morgan fingerprint density at radius 3 is 2.39 bits per heavy atom. The van der Waals surface area contributed by atoms with Crippen LogP contribution in [0.2, 0.25) is 0 Å². The first-order valence-electron chi connectivity index (χ1n) is 6.47. The predicted octanol–water partition coefficient (Wildman–Crippen LogP) is 2.84. The van der Waals surface area contributed by atoms with E-state index in [2.05, 4.69) is 5.32 Å². The Hall–Kier alpha value is -3.34. The molecule has 1 heterocycles. The van der Waals surface area contributed by atoms with Crippen molar-refractivity contribution in [2.45, 2.75) is 0 Å². The Labute approximate surface area is 137 Å². The number of amides is 1. The molecule has 0 bridgehead atoms. The Kier molecular flexibility index (Phi) is 4.61. The second-order valence-corrected chi connectivity index (χ2v) is 5.86. The first-order valence-corrected chi connectivity index (χ1v) is 7.28. The molecule has 0 spiro atoms. The third kappa shape index (κ3) is 3.29. The molecule has 2 rings (SSSR count). The number of nitrogens with zero attached hydrogens (tertiary/aromatic N) is 4. The molecule has 23 heavy (non-hydrogen) atoms. The number of hydrogen-bond acceptors (Lipinski definition) is 6. The second kappa shape index (κ2) is 6.62. The molecular formula is C16H11N5OS. The van der Waals surface area contributed by atoms with Gasteiger partial charge in [-0.25, -0.2) is 0 Å². The number of nitriles is 3. The number of rotatable bonds is 3. The minimum atomic E-state index is -0.276. The molecule has 0 atom stereocenters. The van der Waals surface area contributed by atoms with Gasteiger partial charge in [0.25, 0.3) is 5.91 Å². The highest BCUT2D eigenvalue weighted by Gasteiger charge is 2.13. The van der Waals surface area contributed by atoms with Crippen LogP contribution in [0.25, 0.3) is 10.1 Å². The van der Waals surface area contributed by atoms with E-state index in [1.165, 1.54) is 16.2 Å². The normalized spacial score (nSPS) is 9.35. The lowest BCUT2D eigenvalue weighted by Gasteiger charge is -2.06.